The van der Waals surface area contributed by atoms with Gasteiger partial charge in [-0.15, -0.1) is 6.42 Å². The third-order valence-corrected chi connectivity index (χ3v) is 3.33. The molecule has 0 bridgehead atoms. The van der Waals surface area contributed by atoms with E-state index < -0.39 is 0 Å². The van der Waals surface area contributed by atoms with Crippen molar-refractivity contribution in [2.24, 2.45) is 5.10 Å². The van der Waals surface area contributed by atoms with Crippen LogP contribution in [-0.2, 0) is 0 Å². The number of carbonyl (C=O) groups is 1. The van der Waals surface area contributed by atoms with E-state index in [4.69, 9.17) is 20.6 Å². The number of ether oxygens (including phenoxy) is 3. The van der Waals surface area contributed by atoms with Crippen LogP contribution < -0.4 is 19.6 Å². The summed E-state index contributed by atoms with van der Waals surface area (Å²) in [6.45, 7) is 2.48. The van der Waals surface area contributed by atoms with E-state index in [0.29, 0.717) is 35.0 Å². The van der Waals surface area contributed by atoms with E-state index in [1.54, 1.807) is 31.4 Å². The van der Waals surface area contributed by atoms with Crippen LogP contribution in [0.1, 0.15) is 22.8 Å². The fourth-order valence-corrected chi connectivity index (χ4v) is 2.15. The smallest absolute Gasteiger partial charge is 0.271 e. The maximum absolute atomic E-state index is 12.3. The molecule has 0 heterocycles. The van der Waals surface area contributed by atoms with E-state index in [-0.39, 0.29) is 12.5 Å². The lowest BCUT2D eigenvalue weighted by Gasteiger charge is -2.10. The van der Waals surface area contributed by atoms with Crippen molar-refractivity contribution in [3.63, 3.8) is 0 Å². The van der Waals surface area contributed by atoms with Crippen molar-refractivity contribution in [2.75, 3.05) is 20.3 Å². The number of hydrazone groups is 1. The molecule has 0 aromatic heterocycles. The minimum atomic E-state index is -0.369. The number of hydrogen-bond donors (Lipinski definition) is 1. The highest BCUT2D eigenvalue weighted by atomic mass is 16.5. The van der Waals surface area contributed by atoms with Gasteiger partial charge in [0.15, 0.2) is 11.5 Å². The third kappa shape index (κ3) is 5.02. The van der Waals surface area contributed by atoms with Gasteiger partial charge in [-0.3, -0.25) is 4.79 Å². The molecule has 0 aliphatic heterocycles. The molecule has 26 heavy (non-hydrogen) atoms. The van der Waals surface area contributed by atoms with Crippen LogP contribution in [0, 0.1) is 12.3 Å². The van der Waals surface area contributed by atoms with Gasteiger partial charge in [0.1, 0.15) is 12.4 Å². The number of nitrogens with one attached hydrogen (secondary N) is 1. The van der Waals surface area contributed by atoms with Crippen molar-refractivity contribution < 1.29 is 19.0 Å². The molecule has 134 valence electrons. The Morgan fingerprint density at radius 1 is 1.19 bits per heavy atom. The Kier molecular flexibility index (Phi) is 7.07. The molecular formula is C20H20N2O4. The van der Waals surface area contributed by atoms with Gasteiger partial charge in [0.25, 0.3) is 5.91 Å². The van der Waals surface area contributed by atoms with E-state index in [2.05, 4.69) is 16.4 Å². The van der Waals surface area contributed by atoms with Gasteiger partial charge in [-0.1, -0.05) is 18.1 Å². The molecule has 0 unspecified atom stereocenters. The highest BCUT2D eigenvalue weighted by molar-refractivity contribution is 5.95. The molecule has 6 heteroatoms. The quantitative estimate of drug-likeness (QED) is 0.451. The molecule has 2 aromatic carbocycles. The van der Waals surface area contributed by atoms with Crippen molar-refractivity contribution in [2.45, 2.75) is 6.92 Å². The Hall–Kier alpha value is -3.46. The van der Waals surface area contributed by atoms with Gasteiger partial charge in [0.05, 0.1) is 19.9 Å². The minimum absolute atomic E-state index is 0.156. The van der Waals surface area contributed by atoms with Crippen LogP contribution in [-0.4, -0.2) is 32.4 Å². The van der Waals surface area contributed by atoms with Crippen LogP contribution in [0.2, 0.25) is 0 Å². The topological polar surface area (TPSA) is 69.2 Å². The number of benzene rings is 2. The number of hydrogen-bond acceptors (Lipinski definition) is 5. The molecule has 0 saturated heterocycles. The van der Waals surface area contributed by atoms with Gasteiger partial charge in [-0.05, 0) is 37.3 Å². The van der Waals surface area contributed by atoms with Crippen molar-refractivity contribution >= 4 is 12.1 Å². The molecule has 2 rings (SSSR count). The van der Waals surface area contributed by atoms with E-state index in [0.717, 1.165) is 0 Å². The lowest BCUT2D eigenvalue weighted by Crippen LogP contribution is -2.17. The van der Waals surface area contributed by atoms with Crippen LogP contribution >= 0.6 is 0 Å². The maximum Gasteiger partial charge on any atom is 0.271 e. The van der Waals surface area contributed by atoms with E-state index in [1.165, 1.54) is 6.21 Å². The minimum Gasteiger partial charge on any atom is -0.493 e. The summed E-state index contributed by atoms with van der Waals surface area (Å²) < 4.78 is 16.1. The maximum atomic E-state index is 12.3. The Morgan fingerprint density at radius 2 is 2.00 bits per heavy atom. The second-order valence-corrected chi connectivity index (χ2v) is 5.03. The zero-order valence-corrected chi connectivity index (χ0v) is 14.7. The molecule has 0 radical (unpaired) electrons. The summed E-state index contributed by atoms with van der Waals surface area (Å²) in [5, 5.41) is 3.98. The summed E-state index contributed by atoms with van der Waals surface area (Å²) in [5.74, 6) is 3.69. The monoisotopic (exact) mass is 352 g/mol. The van der Waals surface area contributed by atoms with Gasteiger partial charge < -0.3 is 14.2 Å². The molecule has 0 spiro atoms. The summed E-state index contributed by atoms with van der Waals surface area (Å²) in [4.78, 5) is 12.3. The molecule has 0 atom stereocenters. The lowest BCUT2D eigenvalue weighted by atomic mass is 10.2. The number of methoxy groups -OCH3 is 1. The van der Waals surface area contributed by atoms with Crippen LogP contribution in [0.3, 0.4) is 0 Å². The molecule has 0 aliphatic rings. The van der Waals surface area contributed by atoms with Gasteiger partial charge in [-0.2, -0.15) is 5.10 Å². The fourth-order valence-electron chi connectivity index (χ4n) is 2.15. The van der Waals surface area contributed by atoms with Gasteiger partial charge in [0.2, 0.25) is 0 Å². The van der Waals surface area contributed by atoms with Gasteiger partial charge in [-0.25, -0.2) is 5.43 Å². The zero-order chi connectivity index (χ0) is 18.8. The number of carbonyl (C=O) groups excluding carboxylic acids is 1. The standard InChI is InChI=1S/C20H20N2O4/c1-4-12-26-17-9-7-6-8-16(17)14-21-22-20(23)15-10-11-18(24-3)19(13-15)25-5-2/h1,6-11,13-14H,5,12H2,2-3H3,(H,22,23)/b21-14+. The summed E-state index contributed by atoms with van der Waals surface area (Å²) in [7, 11) is 1.54. The SMILES string of the molecule is C#CCOc1ccccc1/C=N/NC(=O)c1ccc(OC)c(OCC)c1. The average molecular weight is 352 g/mol. The number of rotatable bonds is 8. The molecule has 0 aliphatic carbocycles. The van der Waals surface area contributed by atoms with Crippen molar-refractivity contribution in [3.05, 3.63) is 53.6 Å². The normalized spacial score (nSPS) is 10.2. The molecule has 1 amide bonds. The Labute approximate surface area is 152 Å². The summed E-state index contributed by atoms with van der Waals surface area (Å²) in [6, 6.07) is 12.2. The van der Waals surface area contributed by atoms with Gasteiger partial charge in [0, 0.05) is 11.1 Å². The van der Waals surface area contributed by atoms with Crippen LogP contribution in [0.25, 0.3) is 0 Å². The molecule has 0 saturated carbocycles. The van der Waals surface area contributed by atoms with E-state index in [9.17, 15) is 4.79 Å². The van der Waals surface area contributed by atoms with E-state index >= 15 is 0 Å². The van der Waals surface area contributed by atoms with Crippen LogP contribution in [0.15, 0.2) is 47.6 Å². The number of nitrogens with zero attached hydrogens (tertiary/aromatic N) is 1. The van der Waals surface area contributed by atoms with Gasteiger partial charge >= 0.3 is 0 Å². The second kappa shape index (κ2) is 9.74. The zero-order valence-electron chi connectivity index (χ0n) is 14.7. The molecule has 0 fully saturated rings. The number of amides is 1. The lowest BCUT2D eigenvalue weighted by molar-refractivity contribution is 0.0954. The van der Waals surface area contributed by atoms with Crippen molar-refractivity contribution in [1.82, 2.24) is 5.43 Å². The highest BCUT2D eigenvalue weighted by Crippen LogP contribution is 2.28. The van der Waals surface area contributed by atoms with Crippen LogP contribution in [0.5, 0.6) is 17.2 Å². The first-order valence-corrected chi connectivity index (χ1v) is 7.99. The third-order valence-electron chi connectivity index (χ3n) is 3.33. The first kappa shape index (κ1) is 18.9. The Morgan fingerprint density at radius 3 is 2.73 bits per heavy atom. The first-order valence-electron chi connectivity index (χ1n) is 7.99. The summed E-state index contributed by atoms with van der Waals surface area (Å²) in [5.41, 5.74) is 3.58. The highest BCUT2D eigenvalue weighted by Gasteiger charge is 2.10. The Bertz CT molecular complexity index is 825. The first-order chi connectivity index (χ1) is 12.7. The summed E-state index contributed by atoms with van der Waals surface area (Å²) >= 11 is 0. The summed E-state index contributed by atoms with van der Waals surface area (Å²) in [6.07, 6.45) is 6.70. The second-order valence-electron chi connectivity index (χ2n) is 5.03. The largest absolute Gasteiger partial charge is 0.493 e. The molecule has 6 nitrogen and oxygen atoms in total. The number of para-hydroxylation sites is 1. The molecular weight excluding hydrogens is 332 g/mol. The van der Waals surface area contributed by atoms with E-state index in [1.807, 2.05) is 25.1 Å². The van der Waals surface area contributed by atoms with Crippen molar-refractivity contribution in [3.8, 4) is 29.6 Å². The van der Waals surface area contributed by atoms with Crippen molar-refractivity contribution in [1.29, 1.82) is 0 Å². The number of terminal acetylenes is 1. The molecule has 2 aromatic rings. The predicted molar refractivity (Wildman–Crippen MR) is 100.0 cm³/mol. The predicted octanol–water partition coefficient (Wildman–Crippen LogP) is 2.87. The average Bonchev–Trinajstić information content (AvgIpc) is 2.67. The fraction of sp³-hybridized carbons (Fsp3) is 0.200. The molecule has 1 N–H and O–H groups in total. The Balaban J connectivity index is 2.08. The van der Waals surface area contributed by atoms with Crippen LogP contribution in [0.4, 0.5) is 0 Å².